The Bertz CT molecular complexity index is 564. The van der Waals surface area contributed by atoms with Crippen molar-refractivity contribution < 1.29 is 17.6 Å². The van der Waals surface area contributed by atoms with E-state index in [1.54, 1.807) is 0 Å². The van der Waals surface area contributed by atoms with Crippen LogP contribution in [-0.4, -0.2) is 36.6 Å². The SMILES string of the molecule is CCC(CC)(CC)S(=O)(=O)Cc1nnc(C2CCCOC2)o1. The first kappa shape index (κ1) is 17.4. The van der Waals surface area contributed by atoms with Gasteiger partial charge in [0.15, 0.2) is 9.84 Å². The molecule has 1 fully saturated rings. The lowest BCUT2D eigenvalue weighted by Gasteiger charge is -2.29. The third-order valence-electron chi connectivity index (χ3n) is 4.90. The number of aromatic nitrogens is 2. The van der Waals surface area contributed by atoms with Gasteiger partial charge in [0.25, 0.3) is 0 Å². The standard InChI is InChI=1S/C15H26N2O4S/c1-4-15(5-2,6-3)22(18,19)11-13-16-17-14(21-13)12-8-7-9-20-10-12/h12H,4-11H2,1-3H3. The minimum atomic E-state index is -3.33. The highest BCUT2D eigenvalue weighted by atomic mass is 32.2. The quantitative estimate of drug-likeness (QED) is 0.764. The van der Waals surface area contributed by atoms with E-state index < -0.39 is 14.6 Å². The van der Waals surface area contributed by atoms with Crippen LogP contribution in [0, 0.1) is 0 Å². The van der Waals surface area contributed by atoms with E-state index in [-0.39, 0.29) is 17.6 Å². The molecule has 0 bridgehead atoms. The van der Waals surface area contributed by atoms with Crippen molar-refractivity contribution in [3.05, 3.63) is 11.8 Å². The third-order valence-corrected chi connectivity index (χ3v) is 7.71. The predicted molar refractivity (Wildman–Crippen MR) is 83.3 cm³/mol. The van der Waals surface area contributed by atoms with Crippen LogP contribution in [0.25, 0.3) is 0 Å². The fourth-order valence-electron chi connectivity index (χ4n) is 3.15. The van der Waals surface area contributed by atoms with Crippen LogP contribution in [0.5, 0.6) is 0 Å². The number of hydrogen-bond acceptors (Lipinski definition) is 6. The van der Waals surface area contributed by atoms with Crippen LogP contribution in [0.1, 0.15) is 70.6 Å². The van der Waals surface area contributed by atoms with E-state index in [1.165, 1.54) is 0 Å². The monoisotopic (exact) mass is 330 g/mol. The third kappa shape index (κ3) is 3.35. The van der Waals surface area contributed by atoms with Gasteiger partial charge in [0.05, 0.1) is 17.3 Å². The Morgan fingerprint density at radius 3 is 2.41 bits per heavy atom. The average molecular weight is 330 g/mol. The zero-order valence-corrected chi connectivity index (χ0v) is 14.5. The van der Waals surface area contributed by atoms with Gasteiger partial charge in [0, 0.05) is 6.61 Å². The minimum absolute atomic E-state index is 0.0889. The van der Waals surface area contributed by atoms with E-state index in [0.29, 0.717) is 31.8 Å². The van der Waals surface area contributed by atoms with Crippen molar-refractivity contribution in [3.63, 3.8) is 0 Å². The molecule has 0 radical (unpaired) electrons. The maximum Gasteiger partial charge on any atom is 0.231 e. The van der Waals surface area contributed by atoms with Crippen LogP contribution in [0.4, 0.5) is 0 Å². The molecule has 0 amide bonds. The molecule has 1 aliphatic rings. The minimum Gasteiger partial charge on any atom is -0.424 e. The van der Waals surface area contributed by atoms with E-state index in [4.69, 9.17) is 9.15 Å². The van der Waals surface area contributed by atoms with E-state index in [9.17, 15) is 8.42 Å². The summed E-state index contributed by atoms with van der Waals surface area (Å²) < 4.78 is 35.8. The lowest BCUT2D eigenvalue weighted by Crippen LogP contribution is -2.37. The van der Waals surface area contributed by atoms with E-state index in [1.807, 2.05) is 20.8 Å². The van der Waals surface area contributed by atoms with Crippen molar-refractivity contribution in [2.24, 2.45) is 0 Å². The van der Waals surface area contributed by atoms with Gasteiger partial charge in [-0.3, -0.25) is 0 Å². The first-order valence-electron chi connectivity index (χ1n) is 8.10. The molecule has 6 nitrogen and oxygen atoms in total. The van der Waals surface area contributed by atoms with Crippen molar-refractivity contribution in [2.45, 2.75) is 69.3 Å². The summed E-state index contributed by atoms with van der Waals surface area (Å²) in [7, 11) is -3.33. The Balaban J connectivity index is 2.14. The van der Waals surface area contributed by atoms with Crippen LogP contribution in [0.2, 0.25) is 0 Å². The Morgan fingerprint density at radius 2 is 1.86 bits per heavy atom. The molecule has 0 saturated carbocycles. The highest BCUT2D eigenvalue weighted by Crippen LogP contribution is 2.32. The largest absolute Gasteiger partial charge is 0.424 e. The highest BCUT2D eigenvalue weighted by Gasteiger charge is 2.40. The zero-order valence-electron chi connectivity index (χ0n) is 13.7. The van der Waals surface area contributed by atoms with Crippen molar-refractivity contribution in [2.75, 3.05) is 13.2 Å². The molecule has 0 spiro atoms. The molecule has 1 aromatic rings. The van der Waals surface area contributed by atoms with Crippen LogP contribution in [0.15, 0.2) is 4.42 Å². The molecule has 2 heterocycles. The average Bonchev–Trinajstić information content (AvgIpc) is 2.98. The van der Waals surface area contributed by atoms with E-state index in [0.717, 1.165) is 19.4 Å². The van der Waals surface area contributed by atoms with Crippen molar-refractivity contribution in [3.8, 4) is 0 Å². The summed E-state index contributed by atoms with van der Waals surface area (Å²) in [6.07, 6.45) is 3.70. The molecule has 1 saturated heterocycles. The first-order chi connectivity index (χ1) is 10.5. The molecule has 1 atom stereocenters. The van der Waals surface area contributed by atoms with Crippen molar-refractivity contribution in [1.82, 2.24) is 10.2 Å². The summed E-state index contributed by atoms with van der Waals surface area (Å²) >= 11 is 0. The second kappa shape index (κ2) is 7.08. The summed E-state index contributed by atoms with van der Waals surface area (Å²) in [5.41, 5.74) is 0. The highest BCUT2D eigenvalue weighted by molar-refractivity contribution is 7.92. The normalized spacial score (nSPS) is 20.2. The molecule has 2 rings (SSSR count). The van der Waals surface area contributed by atoms with Gasteiger partial charge in [-0.25, -0.2) is 8.42 Å². The molecule has 0 N–H and O–H groups in total. The molecule has 1 aliphatic heterocycles. The topological polar surface area (TPSA) is 82.3 Å². The van der Waals surface area contributed by atoms with Gasteiger partial charge >= 0.3 is 0 Å². The van der Waals surface area contributed by atoms with E-state index >= 15 is 0 Å². The Hall–Kier alpha value is -0.950. The summed E-state index contributed by atoms with van der Waals surface area (Å²) in [6, 6.07) is 0. The van der Waals surface area contributed by atoms with Crippen LogP contribution < -0.4 is 0 Å². The molecular weight excluding hydrogens is 304 g/mol. The zero-order chi connectivity index (χ0) is 16.2. The fraction of sp³-hybridized carbons (Fsp3) is 0.867. The van der Waals surface area contributed by atoms with Gasteiger partial charge in [0.2, 0.25) is 11.8 Å². The first-order valence-corrected chi connectivity index (χ1v) is 9.75. The number of ether oxygens (including phenoxy) is 1. The smallest absolute Gasteiger partial charge is 0.231 e. The lowest BCUT2D eigenvalue weighted by molar-refractivity contribution is 0.0722. The predicted octanol–water partition coefficient (Wildman–Crippen LogP) is 2.85. The van der Waals surface area contributed by atoms with Crippen LogP contribution in [-0.2, 0) is 20.3 Å². The molecule has 0 aromatic carbocycles. The summed E-state index contributed by atoms with van der Waals surface area (Å²) in [4.78, 5) is 0. The fourth-order valence-corrected chi connectivity index (χ4v) is 5.22. The Labute approximate surface area is 132 Å². The van der Waals surface area contributed by atoms with E-state index in [2.05, 4.69) is 10.2 Å². The van der Waals surface area contributed by atoms with Gasteiger partial charge in [-0.05, 0) is 32.1 Å². The number of sulfone groups is 1. The van der Waals surface area contributed by atoms with Crippen molar-refractivity contribution >= 4 is 9.84 Å². The van der Waals surface area contributed by atoms with Gasteiger partial charge in [0.1, 0.15) is 5.75 Å². The Morgan fingerprint density at radius 1 is 1.18 bits per heavy atom. The molecule has 1 unspecified atom stereocenters. The summed E-state index contributed by atoms with van der Waals surface area (Å²) in [6.45, 7) is 7.09. The molecule has 22 heavy (non-hydrogen) atoms. The van der Waals surface area contributed by atoms with Gasteiger partial charge in [-0.1, -0.05) is 20.8 Å². The Kier molecular flexibility index (Phi) is 5.60. The lowest BCUT2D eigenvalue weighted by atomic mass is 9.99. The maximum absolute atomic E-state index is 12.7. The molecule has 1 aromatic heterocycles. The second-order valence-corrected chi connectivity index (χ2v) is 8.34. The van der Waals surface area contributed by atoms with Gasteiger partial charge in [-0.2, -0.15) is 0 Å². The molecule has 126 valence electrons. The van der Waals surface area contributed by atoms with Crippen molar-refractivity contribution in [1.29, 1.82) is 0 Å². The van der Waals surface area contributed by atoms with Crippen LogP contribution in [0.3, 0.4) is 0 Å². The molecule has 7 heteroatoms. The van der Waals surface area contributed by atoms with Crippen LogP contribution >= 0.6 is 0 Å². The second-order valence-electron chi connectivity index (χ2n) is 5.95. The molecular formula is C15H26N2O4S. The maximum atomic E-state index is 12.7. The summed E-state index contributed by atoms with van der Waals surface area (Å²) in [5.74, 6) is 0.606. The van der Waals surface area contributed by atoms with Gasteiger partial charge < -0.3 is 9.15 Å². The molecule has 0 aliphatic carbocycles. The summed E-state index contributed by atoms with van der Waals surface area (Å²) in [5, 5.41) is 7.96. The van der Waals surface area contributed by atoms with Gasteiger partial charge in [-0.15, -0.1) is 10.2 Å². The number of rotatable bonds is 7. The number of nitrogens with zero attached hydrogens (tertiary/aromatic N) is 2. The number of hydrogen-bond donors (Lipinski definition) is 0.